The van der Waals surface area contributed by atoms with Gasteiger partial charge in [0.1, 0.15) is 0 Å². The number of esters is 1. The van der Waals surface area contributed by atoms with Gasteiger partial charge in [0.2, 0.25) is 0 Å². The fraction of sp³-hybridized carbons (Fsp3) is 0.200. The molecule has 0 aliphatic rings. The van der Waals surface area contributed by atoms with Crippen LogP contribution in [0.3, 0.4) is 0 Å². The first-order valence-corrected chi connectivity index (χ1v) is 8.19. The van der Waals surface area contributed by atoms with Crippen molar-refractivity contribution in [3.05, 3.63) is 71.4 Å². The Kier molecular flexibility index (Phi) is 5.14. The maximum atomic E-state index is 11.9. The number of para-hydroxylation sites is 1. The standard InChI is InChI=1S/C20H20N2O3/c1-14-5-4-6-15(11-14)20(24)25-13-19(23)21-10-9-16-12-22-18-8-3-2-7-17(16)18/h2-8,11-12,22H,9-10,13H2,1H3,(H,21,23). The third kappa shape index (κ3) is 4.26. The van der Waals surface area contributed by atoms with Crippen LogP contribution in [0.15, 0.2) is 54.7 Å². The topological polar surface area (TPSA) is 71.2 Å². The normalized spacial score (nSPS) is 10.6. The van der Waals surface area contributed by atoms with Crippen LogP contribution < -0.4 is 5.32 Å². The summed E-state index contributed by atoms with van der Waals surface area (Å²) in [5.41, 5.74) is 3.65. The second kappa shape index (κ2) is 7.66. The molecule has 3 rings (SSSR count). The lowest BCUT2D eigenvalue weighted by Crippen LogP contribution is -2.30. The third-order valence-corrected chi connectivity index (χ3v) is 3.98. The van der Waals surface area contributed by atoms with Crippen LogP contribution in [0.5, 0.6) is 0 Å². The Hall–Kier alpha value is -3.08. The summed E-state index contributed by atoms with van der Waals surface area (Å²) in [5, 5.41) is 3.93. The molecule has 128 valence electrons. The van der Waals surface area contributed by atoms with Crippen molar-refractivity contribution < 1.29 is 14.3 Å². The number of aryl methyl sites for hydroxylation is 1. The van der Waals surface area contributed by atoms with E-state index >= 15 is 0 Å². The molecular weight excluding hydrogens is 316 g/mol. The van der Waals surface area contributed by atoms with Gasteiger partial charge in [-0.15, -0.1) is 0 Å². The number of aromatic nitrogens is 1. The minimum atomic E-state index is -0.490. The molecule has 0 spiro atoms. The van der Waals surface area contributed by atoms with Gasteiger partial charge in [-0.25, -0.2) is 4.79 Å². The second-order valence-electron chi connectivity index (χ2n) is 5.91. The summed E-state index contributed by atoms with van der Waals surface area (Å²) in [6, 6.07) is 15.1. The maximum Gasteiger partial charge on any atom is 0.338 e. The smallest absolute Gasteiger partial charge is 0.338 e. The number of aromatic amines is 1. The Morgan fingerprint density at radius 3 is 2.80 bits per heavy atom. The van der Waals surface area contributed by atoms with E-state index in [1.54, 1.807) is 18.2 Å². The van der Waals surface area contributed by atoms with E-state index < -0.39 is 5.97 Å². The first kappa shape index (κ1) is 16.8. The van der Waals surface area contributed by atoms with E-state index in [-0.39, 0.29) is 12.5 Å². The van der Waals surface area contributed by atoms with Crippen LogP contribution in [0.1, 0.15) is 21.5 Å². The van der Waals surface area contributed by atoms with E-state index in [1.165, 1.54) is 0 Å². The number of carbonyl (C=O) groups excluding carboxylic acids is 2. The van der Waals surface area contributed by atoms with Gasteiger partial charge in [0, 0.05) is 23.6 Å². The fourth-order valence-electron chi connectivity index (χ4n) is 2.71. The molecule has 25 heavy (non-hydrogen) atoms. The maximum absolute atomic E-state index is 11.9. The molecular formula is C20H20N2O3. The molecule has 2 N–H and O–H groups in total. The summed E-state index contributed by atoms with van der Waals surface area (Å²) in [6.45, 7) is 2.11. The number of H-pyrrole nitrogens is 1. The molecule has 0 unspecified atom stereocenters. The molecule has 0 saturated heterocycles. The van der Waals surface area contributed by atoms with Gasteiger partial charge in [-0.05, 0) is 37.1 Å². The summed E-state index contributed by atoms with van der Waals surface area (Å²) in [4.78, 5) is 27.0. The van der Waals surface area contributed by atoms with Crippen LogP contribution in [0.25, 0.3) is 10.9 Å². The van der Waals surface area contributed by atoms with E-state index in [0.29, 0.717) is 18.5 Å². The second-order valence-corrected chi connectivity index (χ2v) is 5.91. The lowest BCUT2D eigenvalue weighted by Gasteiger charge is -2.07. The van der Waals surface area contributed by atoms with Gasteiger partial charge in [0.15, 0.2) is 6.61 Å². The number of hydrogen-bond donors (Lipinski definition) is 2. The Morgan fingerprint density at radius 1 is 1.12 bits per heavy atom. The molecule has 2 aromatic carbocycles. The number of ether oxygens (including phenoxy) is 1. The highest BCUT2D eigenvalue weighted by Gasteiger charge is 2.10. The monoisotopic (exact) mass is 336 g/mol. The van der Waals surface area contributed by atoms with Gasteiger partial charge >= 0.3 is 5.97 Å². The van der Waals surface area contributed by atoms with Gasteiger partial charge in [0.05, 0.1) is 5.56 Å². The van der Waals surface area contributed by atoms with Crippen molar-refractivity contribution in [1.29, 1.82) is 0 Å². The average molecular weight is 336 g/mol. The largest absolute Gasteiger partial charge is 0.452 e. The molecule has 0 bridgehead atoms. The Bertz CT molecular complexity index is 899. The predicted octanol–water partition coefficient (Wildman–Crippen LogP) is 2.99. The molecule has 5 heteroatoms. The Balaban J connectivity index is 1.44. The summed E-state index contributed by atoms with van der Waals surface area (Å²) < 4.78 is 5.05. The Morgan fingerprint density at radius 2 is 1.96 bits per heavy atom. The number of fused-ring (bicyclic) bond motifs is 1. The average Bonchev–Trinajstić information content (AvgIpc) is 3.03. The van der Waals surface area contributed by atoms with Crippen molar-refractivity contribution in [2.24, 2.45) is 0 Å². The third-order valence-electron chi connectivity index (χ3n) is 3.98. The molecule has 1 amide bonds. The Labute approximate surface area is 146 Å². The molecule has 0 aliphatic heterocycles. The van der Waals surface area contributed by atoms with Crippen molar-refractivity contribution in [1.82, 2.24) is 10.3 Å². The predicted molar refractivity (Wildman–Crippen MR) is 96.5 cm³/mol. The zero-order valence-corrected chi connectivity index (χ0v) is 14.0. The summed E-state index contributed by atoms with van der Waals surface area (Å²) >= 11 is 0. The van der Waals surface area contributed by atoms with Crippen LogP contribution in [0.2, 0.25) is 0 Å². The van der Waals surface area contributed by atoms with E-state index in [9.17, 15) is 9.59 Å². The van der Waals surface area contributed by atoms with Crippen LogP contribution in [-0.2, 0) is 16.0 Å². The van der Waals surface area contributed by atoms with E-state index in [2.05, 4.69) is 10.3 Å². The molecule has 1 heterocycles. The van der Waals surface area contributed by atoms with Gasteiger partial charge in [-0.3, -0.25) is 4.79 Å². The highest BCUT2D eigenvalue weighted by Crippen LogP contribution is 2.17. The SMILES string of the molecule is Cc1cccc(C(=O)OCC(=O)NCCc2c[nH]c3ccccc23)c1. The minimum Gasteiger partial charge on any atom is -0.452 e. The zero-order chi connectivity index (χ0) is 17.6. The van der Waals surface area contributed by atoms with Crippen molar-refractivity contribution in [3.63, 3.8) is 0 Å². The molecule has 1 aromatic heterocycles. The number of benzene rings is 2. The van der Waals surface area contributed by atoms with Crippen molar-refractivity contribution in [2.45, 2.75) is 13.3 Å². The molecule has 5 nitrogen and oxygen atoms in total. The first-order chi connectivity index (χ1) is 12.1. The van der Waals surface area contributed by atoms with E-state index in [4.69, 9.17) is 4.74 Å². The minimum absolute atomic E-state index is 0.277. The van der Waals surface area contributed by atoms with Crippen molar-refractivity contribution >= 4 is 22.8 Å². The van der Waals surface area contributed by atoms with Crippen LogP contribution >= 0.6 is 0 Å². The molecule has 3 aromatic rings. The molecule has 0 radical (unpaired) electrons. The molecule has 0 fully saturated rings. The number of hydrogen-bond acceptors (Lipinski definition) is 3. The lowest BCUT2D eigenvalue weighted by atomic mass is 10.1. The van der Waals surface area contributed by atoms with Gasteiger partial charge in [-0.1, -0.05) is 35.9 Å². The summed E-state index contributed by atoms with van der Waals surface area (Å²) in [7, 11) is 0. The van der Waals surface area contributed by atoms with Crippen LogP contribution in [0, 0.1) is 6.92 Å². The molecule has 0 atom stereocenters. The number of rotatable bonds is 6. The lowest BCUT2D eigenvalue weighted by molar-refractivity contribution is -0.124. The first-order valence-electron chi connectivity index (χ1n) is 8.19. The van der Waals surface area contributed by atoms with Gasteiger partial charge < -0.3 is 15.0 Å². The van der Waals surface area contributed by atoms with E-state index in [1.807, 2.05) is 43.5 Å². The van der Waals surface area contributed by atoms with Crippen molar-refractivity contribution in [2.75, 3.05) is 13.2 Å². The van der Waals surface area contributed by atoms with Gasteiger partial charge in [0.25, 0.3) is 5.91 Å². The number of carbonyl (C=O) groups is 2. The quantitative estimate of drug-likeness (QED) is 0.680. The number of amides is 1. The highest BCUT2D eigenvalue weighted by atomic mass is 16.5. The fourth-order valence-corrected chi connectivity index (χ4v) is 2.71. The summed E-state index contributed by atoms with van der Waals surface area (Å²) in [6.07, 6.45) is 2.66. The molecule has 0 saturated carbocycles. The molecule has 0 aliphatic carbocycles. The highest BCUT2D eigenvalue weighted by molar-refractivity contribution is 5.91. The van der Waals surface area contributed by atoms with Crippen LogP contribution in [0.4, 0.5) is 0 Å². The summed E-state index contributed by atoms with van der Waals surface area (Å²) in [5.74, 6) is -0.795. The zero-order valence-electron chi connectivity index (χ0n) is 14.0. The van der Waals surface area contributed by atoms with Crippen LogP contribution in [-0.4, -0.2) is 30.0 Å². The number of nitrogens with one attached hydrogen (secondary N) is 2. The van der Waals surface area contributed by atoms with Crippen molar-refractivity contribution in [3.8, 4) is 0 Å². The van der Waals surface area contributed by atoms with E-state index in [0.717, 1.165) is 22.0 Å². The van der Waals surface area contributed by atoms with Gasteiger partial charge in [-0.2, -0.15) is 0 Å².